The van der Waals surface area contributed by atoms with E-state index in [0.717, 1.165) is 0 Å². The Bertz CT molecular complexity index is 380. The Morgan fingerprint density at radius 1 is 0.938 bits per heavy atom. The number of halogens is 6. The largest absolute Gasteiger partial charge is 0.202 e. The van der Waals surface area contributed by atoms with Crippen molar-refractivity contribution < 1.29 is 22.0 Å². The second-order valence-electron chi connectivity index (χ2n) is 2.98. The molecule has 0 N–H and O–H groups in total. The van der Waals surface area contributed by atoms with E-state index in [0.29, 0.717) is 11.8 Å². The van der Waals surface area contributed by atoms with Crippen LogP contribution >= 0.6 is 23.4 Å². The van der Waals surface area contributed by atoms with Crippen LogP contribution in [0.15, 0.2) is 4.90 Å². The van der Waals surface area contributed by atoms with E-state index in [2.05, 4.69) is 0 Å². The number of benzene rings is 1. The predicted molar refractivity (Wildman–Crippen MR) is 52.3 cm³/mol. The fourth-order valence-electron chi connectivity index (χ4n) is 0.921. The predicted octanol–water partition coefficient (Wildman–Crippen LogP) is 4.10. The molecule has 0 aliphatic carbocycles. The summed E-state index contributed by atoms with van der Waals surface area (Å²) in [6.45, 7) is 1.51. The molecular formula is C9H6ClF5S. The highest BCUT2D eigenvalue weighted by Crippen LogP contribution is 2.33. The quantitative estimate of drug-likeness (QED) is 0.263. The lowest BCUT2D eigenvalue weighted by Gasteiger charge is -2.10. The SMILES string of the molecule is CC(CCl)Sc1c(F)c(F)c(F)c(F)c1F. The maximum absolute atomic E-state index is 13.1. The van der Waals surface area contributed by atoms with E-state index in [1.807, 2.05) is 0 Å². The third-order valence-corrected chi connectivity index (χ3v) is 3.51. The average Bonchev–Trinajstić information content (AvgIpc) is 2.29. The van der Waals surface area contributed by atoms with Crippen LogP contribution in [0.25, 0.3) is 0 Å². The van der Waals surface area contributed by atoms with Crippen LogP contribution in [0.3, 0.4) is 0 Å². The summed E-state index contributed by atoms with van der Waals surface area (Å²) in [5.41, 5.74) is 0. The Morgan fingerprint density at radius 3 is 1.69 bits per heavy atom. The molecule has 1 aromatic rings. The van der Waals surface area contributed by atoms with Gasteiger partial charge in [-0.25, -0.2) is 22.0 Å². The van der Waals surface area contributed by atoms with E-state index in [1.54, 1.807) is 0 Å². The van der Waals surface area contributed by atoms with Gasteiger partial charge in [-0.05, 0) is 0 Å². The van der Waals surface area contributed by atoms with Crippen LogP contribution in [0, 0.1) is 29.1 Å². The highest BCUT2D eigenvalue weighted by molar-refractivity contribution is 8.00. The van der Waals surface area contributed by atoms with Crippen LogP contribution in [-0.2, 0) is 0 Å². The van der Waals surface area contributed by atoms with Gasteiger partial charge in [0.15, 0.2) is 23.3 Å². The van der Waals surface area contributed by atoms with Gasteiger partial charge < -0.3 is 0 Å². The molecule has 0 spiro atoms. The van der Waals surface area contributed by atoms with Gasteiger partial charge in [-0.3, -0.25) is 0 Å². The number of hydrogen-bond acceptors (Lipinski definition) is 1. The van der Waals surface area contributed by atoms with Gasteiger partial charge in [-0.2, -0.15) is 0 Å². The summed E-state index contributed by atoms with van der Waals surface area (Å²) in [6, 6.07) is 0. The van der Waals surface area contributed by atoms with Crippen molar-refractivity contribution in [2.45, 2.75) is 17.1 Å². The Kier molecular flexibility index (Phi) is 4.43. The van der Waals surface area contributed by atoms with Crippen molar-refractivity contribution >= 4 is 23.4 Å². The normalized spacial score (nSPS) is 12.9. The molecule has 7 heteroatoms. The molecule has 0 fully saturated rings. The van der Waals surface area contributed by atoms with E-state index < -0.39 is 39.2 Å². The zero-order valence-electron chi connectivity index (χ0n) is 7.96. The lowest BCUT2D eigenvalue weighted by atomic mass is 10.3. The van der Waals surface area contributed by atoms with Crippen LogP contribution in [0.2, 0.25) is 0 Å². The summed E-state index contributed by atoms with van der Waals surface area (Å²) in [4.78, 5) is -0.899. The van der Waals surface area contributed by atoms with Gasteiger partial charge in [-0.15, -0.1) is 23.4 Å². The van der Waals surface area contributed by atoms with Gasteiger partial charge in [0.1, 0.15) is 0 Å². The van der Waals surface area contributed by atoms with E-state index in [1.165, 1.54) is 6.92 Å². The molecule has 0 amide bonds. The first kappa shape index (κ1) is 13.6. The fourth-order valence-corrected chi connectivity index (χ4v) is 1.96. The molecule has 0 saturated carbocycles. The summed E-state index contributed by atoms with van der Waals surface area (Å²) in [6.07, 6.45) is 0. The minimum Gasteiger partial charge on any atom is -0.202 e. The molecule has 1 unspecified atom stereocenters. The molecule has 0 aliphatic rings. The highest BCUT2D eigenvalue weighted by Gasteiger charge is 2.26. The monoisotopic (exact) mass is 276 g/mol. The number of hydrogen-bond donors (Lipinski definition) is 0. The Balaban J connectivity index is 3.28. The van der Waals surface area contributed by atoms with E-state index in [4.69, 9.17) is 11.6 Å². The summed E-state index contributed by atoms with van der Waals surface area (Å²) >= 11 is 5.90. The van der Waals surface area contributed by atoms with Gasteiger partial charge in [-0.1, -0.05) is 6.92 Å². The van der Waals surface area contributed by atoms with Gasteiger partial charge in [0, 0.05) is 11.1 Å². The molecule has 0 aliphatic heterocycles. The Hall–Kier alpha value is -0.490. The molecular weight excluding hydrogens is 271 g/mol. The van der Waals surface area contributed by atoms with Crippen molar-refractivity contribution in [1.82, 2.24) is 0 Å². The van der Waals surface area contributed by atoms with E-state index >= 15 is 0 Å². The fraction of sp³-hybridized carbons (Fsp3) is 0.333. The summed E-state index contributed by atoms with van der Waals surface area (Å²) < 4.78 is 64.4. The van der Waals surface area contributed by atoms with Crippen LogP contribution in [0.5, 0.6) is 0 Å². The summed E-state index contributed by atoms with van der Waals surface area (Å²) in [5, 5.41) is -0.463. The van der Waals surface area contributed by atoms with E-state index in [9.17, 15) is 22.0 Å². The first-order chi connectivity index (χ1) is 7.40. The second kappa shape index (κ2) is 5.23. The first-order valence-electron chi connectivity index (χ1n) is 4.14. The van der Waals surface area contributed by atoms with Crippen LogP contribution in [-0.4, -0.2) is 11.1 Å². The third kappa shape index (κ3) is 2.43. The zero-order chi connectivity index (χ0) is 12.5. The topological polar surface area (TPSA) is 0 Å². The second-order valence-corrected chi connectivity index (χ2v) is 4.74. The Morgan fingerprint density at radius 2 is 1.31 bits per heavy atom. The molecule has 0 bridgehead atoms. The summed E-state index contributed by atoms with van der Waals surface area (Å²) in [5.74, 6) is -9.65. The molecule has 90 valence electrons. The molecule has 0 saturated heterocycles. The molecule has 0 aromatic heterocycles. The minimum absolute atomic E-state index is 0.0319. The molecule has 0 radical (unpaired) electrons. The van der Waals surface area contributed by atoms with Crippen LogP contribution in [0.1, 0.15) is 6.92 Å². The van der Waals surface area contributed by atoms with Crippen molar-refractivity contribution in [3.8, 4) is 0 Å². The smallest absolute Gasteiger partial charge is 0.200 e. The van der Waals surface area contributed by atoms with Crippen molar-refractivity contribution in [3.05, 3.63) is 29.1 Å². The maximum Gasteiger partial charge on any atom is 0.200 e. The zero-order valence-corrected chi connectivity index (χ0v) is 9.53. The lowest BCUT2D eigenvalue weighted by molar-refractivity contribution is 0.360. The van der Waals surface area contributed by atoms with Crippen LogP contribution in [0.4, 0.5) is 22.0 Å². The van der Waals surface area contributed by atoms with Crippen molar-refractivity contribution in [3.63, 3.8) is 0 Å². The van der Waals surface area contributed by atoms with Crippen molar-refractivity contribution in [2.75, 3.05) is 5.88 Å². The van der Waals surface area contributed by atoms with Crippen LogP contribution < -0.4 is 0 Å². The Labute approximate surface area is 97.8 Å². The van der Waals surface area contributed by atoms with Gasteiger partial charge >= 0.3 is 0 Å². The maximum atomic E-state index is 13.1. The lowest BCUT2D eigenvalue weighted by Crippen LogP contribution is -2.06. The standard InChI is InChI=1S/C9H6ClF5S/c1-3(2-10)16-9-7(14)5(12)4(11)6(13)8(9)15/h3H,2H2,1H3. The van der Waals surface area contributed by atoms with Crippen molar-refractivity contribution in [2.24, 2.45) is 0 Å². The number of rotatable bonds is 3. The highest BCUT2D eigenvalue weighted by atomic mass is 35.5. The van der Waals surface area contributed by atoms with Crippen molar-refractivity contribution in [1.29, 1.82) is 0 Å². The summed E-state index contributed by atoms with van der Waals surface area (Å²) in [7, 11) is 0. The molecule has 0 heterocycles. The minimum atomic E-state index is -2.15. The van der Waals surface area contributed by atoms with Gasteiger partial charge in [0.25, 0.3) is 0 Å². The van der Waals surface area contributed by atoms with Gasteiger partial charge in [0.05, 0.1) is 4.90 Å². The molecule has 16 heavy (non-hydrogen) atoms. The van der Waals surface area contributed by atoms with Gasteiger partial charge in [0.2, 0.25) is 5.82 Å². The molecule has 1 aromatic carbocycles. The van der Waals surface area contributed by atoms with E-state index in [-0.39, 0.29) is 5.88 Å². The average molecular weight is 277 g/mol. The molecule has 0 nitrogen and oxygen atoms in total. The third-order valence-electron chi connectivity index (χ3n) is 1.71. The number of alkyl halides is 1. The molecule has 1 atom stereocenters. The number of thioether (sulfide) groups is 1. The first-order valence-corrected chi connectivity index (χ1v) is 5.55. The molecule has 1 rings (SSSR count).